The van der Waals surface area contributed by atoms with Gasteiger partial charge in [0, 0.05) is 18.5 Å². The standard InChI is InChI=1S/C9H19BrO/c1-3-4-5-6-9(10)7-8-11-2/h9H,3-8H2,1-2H3. The van der Waals surface area contributed by atoms with E-state index in [9.17, 15) is 0 Å². The molecule has 1 atom stereocenters. The summed E-state index contributed by atoms with van der Waals surface area (Å²) in [6.07, 6.45) is 6.44. The maximum absolute atomic E-state index is 4.99. The van der Waals surface area contributed by atoms with Crippen LogP contribution in [-0.4, -0.2) is 18.5 Å². The zero-order valence-corrected chi connectivity index (χ0v) is 9.19. The highest BCUT2D eigenvalue weighted by atomic mass is 79.9. The van der Waals surface area contributed by atoms with Crippen molar-refractivity contribution in [3.8, 4) is 0 Å². The first-order valence-corrected chi connectivity index (χ1v) is 5.35. The summed E-state index contributed by atoms with van der Waals surface area (Å²) in [5, 5.41) is 0. The van der Waals surface area contributed by atoms with Gasteiger partial charge in [-0.1, -0.05) is 42.1 Å². The Morgan fingerprint density at radius 3 is 2.55 bits per heavy atom. The van der Waals surface area contributed by atoms with Gasteiger partial charge in [0.2, 0.25) is 0 Å². The largest absolute Gasteiger partial charge is 0.385 e. The smallest absolute Gasteiger partial charge is 0.0472 e. The van der Waals surface area contributed by atoms with Gasteiger partial charge in [-0.15, -0.1) is 0 Å². The Balaban J connectivity index is 3.02. The van der Waals surface area contributed by atoms with Crippen molar-refractivity contribution >= 4 is 15.9 Å². The highest BCUT2D eigenvalue weighted by molar-refractivity contribution is 9.09. The van der Waals surface area contributed by atoms with E-state index in [-0.39, 0.29) is 0 Å². The molecule has 0 bridgehead atoms. The van der Waals surface area contributed by atoms with Crippen LogP contribution in [0.2, 0.25) is 0 Å². The first kappa shape index (κ1) is 11.4. The van der Waals surface area contributed by atoms with Crippen molar-refractivity contribution in [1.82, 2.24) is 0 Å². The molecule has 0 aliphatic carbocycles. The molecule has 1 nitrogen and oxygen atoms in total. The molecule has 0 saturated heterocycles. The summed E-state index contributed by atoms with van der Waals surface area (Å²) in [7, 11) is 1.76. The molecule has 0 aromatic rings. The van der Waals surface area contributed by atoms with Crippen LogP contribution >= 0.6 is 15.9 Å². The van der Waals surface area contributed by atoms with Crippen LogP contribution in [0.15, 0.2) is 0 Å². The van der Waals surface area contributed by atoms with E-state index in [0.29, 0.717) is 4.83 Å². The zero-order valence-electron chi connectivity index (χ0n) is 7.61. The molecule has 0 heterocycles. The monoisotopic (exact) mass is 222 g/mol. The van der Waals surface area contributed by atoms with Crippen molar-refractivity contribution in [2.24, 2.45) is 0 Å². The van der Waals surface area contributed by atoms with E-state index < -0.39 is 0 Å². The molecule has 0 N–H and O–H groups in total. The quantitative estimate of drug-likeness (QED) is 0.475. The van der Waals surface area contributed by atoms with Gasteiger partial charge in [-0.3, -0.25) is 0 Å². The van der Waals surface area contributed by atoms with Crippen LogP contribution in [-0.2, 0) is 4.74 Å². The van der Waals surface area contributed by atoms with E-state index in [1.165, 1.54) is 25.7 Å². The fraction of sp³-hybridized carbons (Fsp3) is 1.00. The molecule has 0 rings (SSSR count). The summed E-state index contributed by atoms with van der Waals surface area (Å²) in [4.78, 5) is 0.661. The molecule has 0 radical (unpaired) electrons. The number of rotatable bonds is 7. The second-order valence-electron chi connectivity index (χ2n) is 2.87. The Hall–Kier alpha value is 0.440. The van der Waals surface area contributed by atoms with Gasteiger partial charge in [-0.05, 0) is 12.8 Å². The van der Waals surface area contributed by atoms with Gasteiger partial charge in [0.05, 0.1) is 0 Å². The Morgan fingerprint density at radius 2 is 2.00 bits per heavy atom. The molecule has 0 saturated carbocycles. The van der Waals surface area contributed by atoms with Crippen LogP contribution in [0.1, 0.15) is 39.0 Å². The molecule has 68 valence electrons. The third-order valence-electron chi connectivity index (χ3n) is 1.76. The van der Waals surface area contributed by atoms with Gasteiger partial charge in [0.25, 0.3) is 0 Å². The normalized spacial score (nSPS) is 13.4. The second-order valence-corrected chi connectivity index (χ2v) is 4.17. The zero-order chi connectivity index (χ0) is 8.53. The van der Waals surface area contributed by atoms with Gasteiger partial charge in [-0.2, -0.15) is 0 Å². The van der Waals surface area contributed by atoms with Gasteiger partial charge < -0.3 is 4.74 Å². The average Bonchev–Trinajstić information content (AvgIpc) is 2.01. The SMILES string of the molecule is CCCCCC(Br)CCOC. The van der Waals surface area contributed by atoms with Gasteiger partial charge >= 0.3 is 0 Å². The summed E-state index contributed by atoms with van der Waals surface area (Å²) in [6.45, 7) is 3.11. The van der Waals surface area contributed by atoms with E-state index in [2.05, 4.69) is 22.9 Å². The Kier molecular flexibility index (Phi) is 8.88. The van der Waals surface area contributed by atoms with Crippen LogP contribution in [0.3, 0.4) is 0 Å². The first-order chi connectivity index (χ1) is 5.31. The second kappa shape index (κ2) is 8.54. The lowest BCUT2D eigenvalue weighted by Crippen LogP contribution is -2.02. The Morgan fingerprint density at radius 1 is 1.27 bits per heavy atom. The topological polar surface area (TPSA) is 9.23 Å². The van der Waals surface area contributed by atoms with Gasteiger partial charge in [0.15, 0.2) is 0 Å². The molecule has 0 amide bonds. The third-order valence-corrected chi connectivity index (χ3v) is 2.67. The van der Waals surface area contributed by atoms with Gasteiger partial charge in [-0.25, -0.2) is 0 Å². The van der Waals surface area contributed by atoms with E-state index >= 15 is 0 Å². The van der Waals surface area contributed by atoms with Crippen LogP contribution in [0.5, 0.6) is 0 Å². The van der Waals surface area contributed by atoms with Crippen molar-refractivity contribution in [3.63, 3.8) is 0 Å². The maximum atomic E-state index is 4.99. The number of halogens is 1. The van der Waals surface area contributed by atoms with E-state index in [1.54, 1.807) is 7.11 Å². The average molecular weight is 223 g/mol. The molecule has 2 heteroatoms. The highest BCUT2D eigenvalue weighted by Gasteiger charge is 2.01. The summed E-state index contributed by atoms with van der Waals surface area (Å²) < 4.78 is 4.99. The lowest BCUT2D eigenvalue weighted by Gasteiger charge is -2.07. The highest BCUT2D eigenvalue weighted by Crippen LogP contribution is 2.14. The van der Waals surface area contributed by atoms with Crippen molar-refractivity contribution < 1.29 is 4.74 Å². The molecule has 0 aliphatic heterocycles. The number of alkyl halides is 1. The van der Waals surface area contributed by atoms with Crippen LogP contribution in [0, 0.1) is 0 Å². The minimum Gasteiger partial charge on any atom is -0.385 e. The summed E-state index contributed by atoms with van der Waals surface area (Å²) >= 11 is 3.63. The molecular weight excluding hydrogens is 204 g/mol. The Labute approximate surface area is 78.6 Å². The Bertz CT molecular complexity index is 76.0. The lowest BCUT2D eigenvalue weighted by molar-refractivity contribution is 0.194. The summed E-state index contributed by atoms with van der Waals surface area (Å²) in [5.74, 6) is 0. The summed E-state index contributed by atoms with van der Waals surface area (Å²) in [5.41, 5.74) is 0. The maximum Gasteiger partial charge on any atom is 0.0472 e. The summed E-state index contributed by atoms with van der Waals surface area (Å²) in [6, 6.07) is 0. The van der Waals surface area contributed by atoms with Crippen molar-refractivity contribution in [3.05, 3.63) is 0 Å². The molecule has 11 heavy (non-hydrogen) atoms. The molecule has 0 fully saturated rings. The fourth-order valence-electron chi connectivity index (χ4n) is 1.01. The van der Waals surface area contributed by atoms with Crippen LogP contribution in [0.25, 0.3) is 0 Å². The van der Waals surface area contributed by atoms with Crippen molar-refractivity contribution in [2.45, 2.75) is 43.9 Å². The minimum absolute atomic E-state index is 0.661. The van der Waals surface area contributed by atoms with Gasteiger partial charge in [0.1, 0.15) is 0 Å². The minimum atomic E-state index is 0.661. The van der Waals surface area contributed by atoms with Crippen molar-refractivity contribution in [2.75, 3.05) is 13.7 Å². The molecule has 1 unspecified atom stereocenters. The predicted molar refractivity (Wildman–Crippen MR) is 53.4 cm³/mol. The van der Waals surface area contributed by atoms with Crippen LogP contribution in [0.4, 0.5) is 0 Å². The fourth-order valence-corrected chi connectivity index (χ4v) is 1.52. The lowest BCUT2D eigenvalue weighted by atomic mass is 10.1. The molecular formula is C9H19BrO. The molecule has 0 aromatic heterocycles. The third kappa shape index (κ3) is 8.35. The molecule has 0 spiro atoms. The van der Waals surface area contributed by atoms with Crippen LogP contribution < -0.4 is 0 Å². The predicted octanol–water partition coefficient (Wildman–Crippen LogP) is 3.37. The first-order valence-electron chi connectivity index (χ1n) is 4.44. The number of ether oxygens (including phenoxy) is 1. The molecule has 0 aromatic carbocycles. The number of hydrogen-bond donors (Lipinski definition) is 0. The molecule has 0 aliphatic rings. The number of methoxy groups -OCH3 is 1. The van der Waals surface area contributed by atoms with E-state index in [4.69, 9.17) is 4.74 Å². The van der Waals surface area contributed by atoms with Crippen molar-refractivity contribution in [1.29, 1.82) is 0 Å². The number of hydrogen-bond acceptors (Lipinski definition) is 1. The van der Waals surface area contributed by atoms with E-state index in [1.807, 2.05) is 0 Å². The van der Waals surface area contributed by atoms with E-state index in [0.717, 1.165) is 13.0 Å². The number of unbranched alkanes of at least 4 members (excludes halogenated alkanes) is 2.